The Balaban J connectivity index is 2.30. The van der Waals surface area contributed by atoms with Gasteiger partial charge in [-0.25, -0.2) is 18.3 Å². The molecule has 2 aromatic rings. The van der Waals surface area contributed by atoms with E-state index >= 15 is 0 Å². The van der Waals surface area contributed by atoms with Crippen LogP contribution in [0.5, 0.6) is 0 Å². The number of halogens is 1. The Kier molecular flexibility index (Phi) is 5.09. The van der Waals surface area contributed by atoms with Crippen LogP contribution in [-0.2, 0) is 14.8 Å². The molecule has 0 saturated carbocycles. The molecule has 0 fully saturated rings. The molecule has 8 heteroatoms. The third-order valence-electron chi connectivity index (χ3n) is 2.81. The van der Waals surface area contributed by atoms with Crippen LogP contribution in [0.4, 0.5) is 10.1 Å². The molecule has 0 atom stereocenters. The molecule has 2 aromatic carbocycles. The van der Waals surface area contributed by atoms with E-state index in [4.69, 9.17) is 5.21 Å². The van der Waals surface area contributed by atoms with Crippen LogP contribution < -0.4 is 10.2 Å². The Bertz CT molecular complexity index is 836. The van der Waals surface area contributed by atoms with Crippen molar-refractivity contribution >= 4 is 27.7 Å². The lowest BCUT2D eigenvalue weighted by atomic mass is 10.2. The average molecular weight is 336 g/mol. The van der Waals surface area contributed by atoms with Gasteiger partial charge < -0.3 is 0 Å². The molecule has 0 unspecified atom stereocenters. The van der Waals surface area contributed by atoms with Crippen molar-refractivity contribution in [2.45, 2.75) is 4.90 Å². The quantitative estimate of drug-likeness (QED) is 0.443. The van der Waals surface area contributed by atoms with Crippen LogP contribution in [0.2, 0.25) is 0 Å². The molecule has 0 spiro atoms. The summed E-state index contributed by atoms with van der Waals surface area (Å²) < 4.78 is 40.3. The second-order valence-corrected chi connectivity index (χ2v) is 6.16. The molecule has 2 rings (SSSR count). The average Bonchev–Trinajstić information content (AvgIpc) is 2.55. The van der Waals surface area contributed by atoms with Crippen molar-refractivity contribution in [2.75, 3.05) is 4.72 Å². The summed E-state index contributed by atoms with van der Waals surface area (Å²) in [5.41, 5.74) is 1.69. The largest absolute Gasteiger partial charge is 0.303 e. The van der Waals surface area contributed by atoms with E-state index in [0.717, 1.165) is 11.6 Å². The van der Waals surface area contributed by atoms with Gasteiger partial charge in [-0.05, 0) is 35.9 Å². The number of hydrogen-bond donors (Lipinski definition) is 3. The summed E-state index contributed by atoms with van der Waals surface area (Å²) in [5.74, 6) is -2.57. The van der Waals surface area contributed by atoms with Crippen molar-refractivity contribution in [3.05, 3.63) is 66.0 Å². The first-order valence-corrected chi connectivity index (χ1v) is 7.90. The van der Waals surface area contributed by atoms with Gasteiger partial charge in [0.1, 0.15) is 0 Å². The maximum absolute atomic E-state index is 13.4. The Labute approximate surface area is 132 Å². The summed E-state index contributed by atoms with van der Waals surface area (Å²) in [6, 6.07) is 13.7. The van der Waals surface area contributed by atoms with E-state index in [2.05, 4.69) is 4.72 Å². The highest BCUT2D eigenvalue weighted by atomic mass is 32.2. The first-order chi connectivity index (χ1) is 10.9. The third kappa shape index (κ3) is 4.38. The van der Waals surface area contributed by atoms with Gasteiger partial charge in [-0.2, -0.15) is 0 Å². The second kappa shape index (κ2) is 7.03. The van der Waals surface area contributed by atoms with Gasteiger partial charge in [-0.3, -0.25) is 14.7 Å². The SMILES string of the molecule is O=C(NO)/C(F)=C/c1cccc(S(=O)(=O)Nc2ccccc2)c1. The number of para-hydroxylation sites is 1. The van der Waals surface area contributed by atoms with Crippen molar-refractivity contribution in [3.63, 3.8) is 0 Å². The number of hydrogen-bond acceptors (Lipinski definition) is 4. The number of sulfonamides is 1. The second-order valence-electron chi connectivity index (χ2n) is 4.48. The Morgan fingerprint density at radius 3 is 2.43 bits per heavy atom. The first kappa shape index (κ1) is 16.7. The molecule has 0 aliphatic rings. The number of carbonyl (C=O) groups is 1. The maximum Gasteiger partial charge on any atom is 0.303 e. The highest BCUT2D eigenvalue weighted by Crippen LogP contribution is 2.18. The monoisotopic (exact) mass is 336 g/mol. The number of anilines is 1. The fraction of sp³-hybridized carbons (Fsp3) is 0. The highest BCUT2D eigenvalue weighted by molar-refractivity contribution is 7.92. The minimum atomic E-state index is -3.85. The normalized spacial score (nSPS) is 11.8. The molecular weight excluding hydrogens is 323 g/mol. The Morgan fingerprint density at radius 2 is 1.78 bits per heavy atom. The highest BCUT2D eigenvalue weighted by Gasteiger charge is 2.15. The fourth-order valence-electron chi connectivity index (χ4n) is 1.76. The van der Waals surface area contributed by atoms with Crippen molar-refractivity contribution in [3.8, 4) is 0 Å². The van der Waals surface area contributed by atoms with Gasteiger partial charge in [0, 0.05) is 5.69 Å². The van der Waals surface area contributed by atoms with E-state index in [9.17, 15) is 17.6 Å². The number of hydroxylamine groups is 1. The van der Waals surface area contributed by atoms with Crippen LogP contribution in [0.25, 0.3) is 6.08 Å². The summed E-state index contributed by atoms with van der Waals surface area (Å²) in [7, 11) is -3.85. The first-order valence-electron chi connectivity index (χ1n) is 6.42. The van der Waals surface area contributed by atoms with E-state index in [1.54, 1.807) is 30.3 Å². The zero-order valence-electron chi connectivity index (χ0n) is 11.7. The van der Waals surface area contributed by atoms with Gasteiger partial charge in [0.05, 0.1) is 4.90 Å². The van der Waals surface area contributed by atoms with Gasteiger partial charge >= 0.3 is 5.91 Å². The molecule has 6 nitrogen and oxygen atoms in total. The van der Waals surface area contributed by atoms with E-state index < -0.39 is 21.8 Å². The summed E-state index contributed by atoms with van der Waals surface area (Å²) in [5, 5.41) is 8.34. The minimum absolute atomic E-state index is 0.0905. The van der Waals surface area contributed by atoms with Gasteiger partial charge in [0.2, 0.25) is 0 Å². The van der Waals surface area contributed by atoms with Crippen molar-refractivity contribution in [1.82, 2.24) is 5.48 Å². The Morgan fingerprint density at radius 1 is 1.09 bits per heavy atom. The number of rotatable bonds is 5. The van der Waals surface area contributed by atoms with E-state index in [1.165, 1.54) is 24.3 Å². The van der Waals surface area contributed by atoms with E-state index in [1.807, 2.05) is 0 Å². The zero-order chi connectivity index (χ0) is 16.9. The van der Waals surface area contributed by atoms with Gasteiger partial charge in [-0.15, -0.1) is 0 Å². The van der Waals surface area contributed by atoms with Crippen molar-refractivity contribution < 1.29 is 22.8 Å². The molecule has 23 heavy (non-hydrogen) atoms. The number of nitrogens with one attached hydrogen (secondary N) is 2. The molecular formula is C15H13FN2O4S. The summed E-state index contributed by atoms with van der Waals surface area (Å²) in [6.07, 6.45) is 0.813. The molecule has 0 bridgehead atoms. The molecule has 1 amide bonds. The number of amides is 1. The summed E-state index contributed by atoms with van der Waals surface area (Å²) >= 11 is 0. The lowest BCUT2D eigenvalue weighted by molar-refractivity contribution is -0.126. The summed E-state index contributed by atoms with van der Waals surface area (Å²) in [6.45, 7) is 0. The molecule has 0 aliphatic heterocycles. The molecule has 0 radical (unpaired) electrons. The molecule has 120 valence electrons. The van der Waals surface area contributed by atoms with Crippen molar-refractivity contribution in [2.24, 2.45) is 0 Å². The molecule has 0 aromatic heterocycles. The summed E-state index contributed by atoms with van der Waals surface area (Å²) in [4.78, 5) is 10.8. The smallest absolute Gasteiger partial charge is 0.288 e. The fourth-order valence-corrected chi connectivity index (χ4v) is 2.87. The van der Waals surface area contributed by atoms with Crippen LogP contribution in [-0.4, -0.2) is 19.5 Å². The van der Waals surface area contributed by atoms with Crippen LogP contribution in [0.3, 0.4) is 0 Å². The lowest BCUT2D eigenvalue weighted by Crippen LogP contribution is -2.18. The van der Waals surface area contributed by atoms with Crippen LogP contribution in [0, 0.1) is 0 Å². The van der Waals surface area contributed by atoms with Crippen LogP contribution in [0.1, 0.15) is 5.56 Å². The number of carbonyl (C=O) groups excluding carboxylic acids is 1. The predicted molar refractivity (Wildman–Crippen MR) is 82.7 cm³/mol. The Hall–Kier alpha value is -2.71. The molecule has 0 aliphatic carbocycles. The predicted octanol–water partition coefficient (Wildman–Crippen LogP) is 2.30. The van der Waals surface area contributed by atoms with E-state index in [-0.39, 0.29) is 10.5 Å². The molecule has 0 heterocycles. The van der Waals surface area contributed by atoms with E-state index in [0.29, 0.717) is 5.69 Å². The third-order valence-corrected chi connectivity index (χ3v) is 4.19. The van der Waals surface area contributed by atoms with Crippen LogP contribution >= 0.6 is 0 Å². The van der Waals surface area contributed by atoms with Crippen molar-refractivity contribution in [1.29, 1.82) is 0 Å². The molecule has 3 N–H and O–H groups in total. The number of benzene rings is 2. The maximum atomic E-state index is 13.4. The van der Waals surface area contributed by atoms with Gasteiger partial charge in [0.25, 0.3) is 10.0 Å². The van der Waals surface area contributed by atoms with Gasteiger partial charge in [0.15, 0.2) is 5.83 Å². The zero-order valence-corrected chi connectivity index (χ0v) is 12.5. The van der Waals surface area contributed by atoms with Crippen LogP contribution in [0.15, 0.2) is 65.3 Å². The topological polar surface area (TPSA) is 95.5 Å². The lowest BCUT2D eigenvalue weighted by Gasteiger charge is -2.08. The standard InChI is InChI=1S/C15H13FN2O4S/c16-14(15(19)17-20)10-11-5-4-8-13(9-11)23(21,22)18-12-6-2-1-3-7-12/h1-10,18,20H,(H,17,19)/b14-10-. The minimum Gasteiger partial charge on any atom is -0.288 e. The molecule has 0 saturated heterocycles. The van der Waals surface area contributed by atoms with Gasteiger partial charge in [-0.1, -0.05) is 30.3 Å².